The van der Waals surface area contributed by atoms with Crippen LogP contribution in [-0.2, 0) is 14.2 Å². The number of carbonyl (C=O) groups excluding carboxylic acids is 2. The number of esters is 2. The van der Waals surface area contributed by atoms with E-state index in [1.54, 1.807) is 67.6 Å². The highest BCUT2D eigenvalue weighted by Crippen LogP contribution is 2.27. The van der Waals surface area contributed by atoms with Crippen LogP contribution in [0.15, 0.2) is 60.7 Å². The van der Waals surface area contributed by atoms with Gasteiger partial charge in [-0.1, -0.05) is 36.4 Å². The Bertz CT molecular complexity index is 749. The Morgan fingerprint density at radius 2 is 1.42 bits per heavy atom. The van der Waals surface area contributed by atoms with Gasteiger partial charge in [0.25, 0.3) is 0 Å². The van der Waals surface area contributed by atoms with Crippen molar-refractivity contribution in [1.82, 2.24) is 0 Å². The van der Waals surface area contributed by atoms with Gasteiger partial charge in [0.15, 0.2) is 6.10 Å². The lowest BCUT2D eigenvalue weighted by Crippen LogP contribution is -2.49. The third-order valence-corrected chi connectivity index (χ3v) is 4.07. The van der Waals surface area contributed by atoms with E-state index >= 15 is 0 Å². The summed E-state index contributed by atoms with van der Waals surface area (Å²) in [6.45, 7) is 1.67. The van der Waals surface area contributed by atoms with Gasteiger partial charge in [-0.05, 0) is 31.2 Å². The Morgan fingerprint density at radius 3 is 1.96 bits per heavy atom. The molecule has 0 radical (unpaired) electrons. The van der Waals surface area contributed by atoms with Crippen LogP contribution in [0.2, 0.25) is 0 Å². The van der Waals surface area contributed by atoms with Gasteiger partial charge in [0.2, 0.25) is 6.36 Å². The zero-order valence-electron chi connectivity index (χ0n) is 14.2. The van der Waals surface area contributed by atoms with Gasteiger partial charge in [-0.25, -0.2) is 14.0 Å². The molecule has 4 atom stereocenters. The maximum Gasteiger partial charge on any atom is 0.338 e. The molecule has 136 valence electrons. The van der Waals surface area contributed by atoms with Gasteiger partial charge in [0.05, 0.1) is 17.2 Å². The van der Waals surface area contributed by atoms with Crippen LogP contribution in [0.3, 0.4) is 0 Å². The van der Waals surface area contributed by atoms with Crippen LogP contribution in [0.1, 0.15) is 34.1 Å². The smallest absolute Gasteiger partial charge is 0.338 e. The van der Waals surface area contributed by atoms with Crippen LogP contribution in [0.25, 0.3) is 0 Å². The molecule has 0 saturated carbocycles. The van der Waals surface area contributed by atoms with E-state index in [2.05, 4.69) is 0 Å². The lowest BCUT2D eigenvalue weighted by Gasteiger charge is -2.36. The highest BCUT2D eigenvalue weighted by molar-refractivity contribution is 5.90. The normalized spacial score (nSPS) is 25.3. The minimum atomic E-state index is -1.88. The van der Waals surface area contributed by atoms with E-state index in [-0.39, 0.29) is 12.0 Å². The SMILES string of the molecule is C[C@H]1C[C@@H](OC(=O)c2ccccc2)[C@H](OC(=O)c2ccccc2)C(F)O1. The van der Waals surface area contributed by atoms with Crippen molar-refractivity contribution in [2.24, 2.45) is 0 Å². The van der Waals surface area contributed by atoms with Crippen LogP contribution in [-0.4, -0.2) is 36.6 Å². The first-order valence-electron chi connectivity index (χ1n) is 8.36. The molecule has 0 bridgehead atoms. The molecule has 1 aliphatic heterocycles. The molecule has 0 N–H and O–H groups in total. The Kier molecular flexibility index (Phi) is 5.63. The summed E-state index contributed by atoms with van der Waals surface area (Å²) in [6, 6.07) is 16.6. The summed E-state index contributed by atoms with van der Waals surface area (Å²) in [5.41, 5.74) is 0.627. The molecular formula is C20H19FO5. The predicted octanol–water partition coefficient (Wildman–Crippen LogP) is 3.54. The second-order valence-corrected chi connectivity index (χ2v) is 6.08. The number of rotatable bonds is 4. The zero-order valence-corrected chi connectivity index (χ0v) is 14.2. The van der Waals surface area contributed by atoms with Gasteiger partial charge in [-0.2, -0.15) is 0 Å². The van der Waals surface area contributed by atoms with Crippen LogP contribution in [0, 0.1) is 0 Å². The molecule has 6 heteroatoms. The molecule has 1 fully saturated rings. The zero-order chi connectivity index (χ0) is 18.5. The molecule has 26 heavy (non-hydrogen) atoms. The summed E-state index contributed by atoms with van der Waals surface area (Å²) < 4.78 is 30.2. The third-order valence-electron chi connectivity index (χ3n) is 4.07. The largest absolute Gasteiger partial charge is 0.454 e. The van der Waals surface area contributed by atoms with Crippen molar-refractivity contribution in [3.05, 3.63) is 71.8 Å². The van der Waals surface area contributed by atoms with Gasteiger partial charge in [0.1, 0.15) is 6.10 Å². The molecular weight excluding hydrogens is 339 g/mol. The average Bonchev–Trinajstić information content (AvgIpc) is 2.65. The molecule has 1 unspecified atom stereocenters. The number of ether oxygens (including phenoxy) is 3. The van der Waals surface area contributed by atoms with E-state index in [1.165, 1.54) is 0 Å². The summed E-state index contributed by atoms with van der Waals surface area (Å²) in [4.78, 5) is 24.6. The minimum Gasteiger partial charge on any atom is -0.454 e. The second-order valence-electron chi connectivity index (χ2n) is 6.08. The number of hydrogen-bond acceptors (Lipinski definition) is 5. The topological polar surface area (TPSA) is 61.8 Å². The van der Waals surface area contributed by atoms with Gasteiger partial charge in [-0.15, -0.1) is 0 Å². The van der Waals surface area contributed by atoms with E-state index in [1.807, 2.05) is 0 Å². The average molecular weight is 358 g/mol. The van der Waals surface area contributed by atoms with Crippen molar-refractivity contribution in [3.8, 4) is 0 Å². The summed E-state index contributed by atoms with van der Waals surface area (Å²) in [7, 11) is 0. The summed E-state index contributed by atoms with van der Waals surface area (Å²) in [5.74, 6) is -1.30. The molecule has 0 aromatic heterocycles. The Hall–Kier alpha value is -2.73. The molecule has 0 spiro atoms. The first-order valence-corrected chi connectivity index (χ1v) is 8.36. The Labute approximate surface area is 150 Å². The molecule has 2 aromatic rings. The first-order chi connectivity index (χ1) is 12.5. The third kappa shape index (κ3) is 4.26. The molecule has 1 aliphatic rings. The molecule has 1 heterocycles. The molecule has 1 saturated heterocycles. The number of alkyl halides is 1. The number of halogens is 1. The van der Waals surface area contributed by atoms with Gasteiger partial charge >= 0.3 is 11.9 Å². The van der Waals surface area contributed by atoms with Crippen molar-refractivity contribution in [3.63, 3.8) is 0 Å². The van der Waals surface area contributed by atoms with E-state index in [0.717, 1.165) is 0 Å². The summed E-state index contributed by atoms with van der Waals surface area (Å²) in [5, 5.41) is 0. The highest BCUT2D eigenvalue weighted by Gasteiger charge is 2.43. The summed E-state index contributed by atoms with van der Waals surface area (Å²) in [6.07, 6.45) is -4.38. The fourth-order valence-electron chi connectivity index (χ4n) is 2.78. The minimum absolute atomic E-state index is 0.228. The predicted molar refractivity (Wildman–Crippen MR) is 91.4 cm³/mol. The van der Waals surface area contributed by atoms with Crippen molar-refractivity contribution in [2.45, 2.75) is 38.0 Å². The fourth-order valence-corrected chi connectivity index (χ4v) is 2.78. The van der Waals surface area contributed by atoms with E-state index in [9.17, 15) is 14.0 Å². The number of carbonyl (C=O) groups is 2. The van der Waals surface area contributed by atoms with Crippen LogP contribution in [0.4, 0.5) is 4.39 Å². The van der Waals surface area contributed by atoms with Crippen molar-refractivity contribution in [1.29, 1.82) is 0 Å². The second kappa shape index (κ2) is 8.10. The lowest BCUT2D eigenvalue weighted by atomic mass is 10.0. The molecule has 5 nitrogen and oxygen atoms in total. The molecule has 3 rings (SSSR count). The van der Waals surface area contributed by atoms with Crippen molar-refractivity contribution < 1.29 is 28.2 Å². The molecule has 2 aromatic carbocycles. The van der Waals surface area contributed by atoms with E-state index in [4.69, 9.17) is 14.2 Å². The Morgan fingerprint density at radius 1 is 0.923 bits per heavy atom. The van der Waals surface area contributed by atoms with E-state index in [0.29, 0.717) is 5.56 Å². The first kappa shape index (κ1) is 18.1. The molecule has 0 aliphatic carbocycles. The lowest BCUT2D eigenvalue weighted by molar-refractivity contribution is -0.211. The van der Waals surface area contributed by atoms with Crippen molar-refractivity contribution in [2.75, 3.05) is 0 Å². The van der Waals surface area contributed by atoms with Gasteiger partial charge in [-0.3, -0.25) is 0 Å². The van der Waals surface area contributed by atoms with Crippen LogP contribution < -0.4 is 0 Å². The number of benzene rings is 2. The van der Waals surface area contributed by atoms with Crippen molar-refractivity contribution >= 4 is 11.9 Å². The monoisotopic (exact) mass is 358 g/mol. The van der Waals surface area contributed by atoms with Crippen LogP contribution >= 0.6 is 0 Å². The highest BCUT2D eigenvalue weighted by atomic mass is 19.1. The Balaban J connectivity index is 1.74. The maximum atomic E-state index is 14.4. The molecule has 0 amide bonds. The summed E-state index contributed by atoms with van der Waals surface area (Å²) >= 11 is 0. The maximum absolute atomic E-state index is 14.4. The quantitative estimate of drug-likeness (QED) is 0.783. The van der Waals surface area contributed by atoms with Gasteiger partial charge < -0.3 is 14.2 Å². The fraction of sp³-hybridized carbons (Fsp3) is 0.300. The number of hydrogen-bond donors (Lipinski definition) is 0. The van der Waals surface area contributed by atoms with Crippen LogP contribution in [0.5, 0.6) is 0 Å². The van der Waals surface area contributed by atoms with Gasteiger partial charge in [0, 0.05) is 6.42 Å². The standard InChI is InChI=1S/C20H19FO5/c1-13-12-16(25-19(22)14-8-4-2-5-9-14)17(18(21)24-13)26-20(23)15-10-6-3-7-11-15/h2-11,13,16-18H,12H2,1H3/t13-,16+,17-,18?/m0/s1. The van der Waals surface area contributed by atoms with E-state index < -0.39 is 36.6 Å².